The first-order chi connectivity index (χ1) is 19.7. The number of piperazine rings is 1. The number of likely N-dealkylation sites (N-methyl/N-ethyl adjacent to an activating group) is 1. The van der Waals surface area contributed by atoms with E-state index < -0.39 is 11.7 Å². The number of fused-ring (bicyclic) bond motifs is 1. The molecule has 0 saturated carbocycles. The van der Waals surface area contributed by atoms with Gasteiger partial charge in [-0.15, -0.1) is 0 Å². The van der Waals surface area contributed by atoms with E-state index in [2.05, 4.69) is 70.8 Å². The van der Waals surface area contributed by atoms with Crippen molar-refractivity contribution in [1.82, 2.24) is 19.4 Å². The molecule has 0 aliphatic carbocycles. The van der Waals surface area contributed by atoms with Crippen LogP contribution in [0.2, 0.25) is 0 Å². The Balaban J connectivity index is 0.000000236. The Hall–Kier alpha value is -3.49. The minimum Gasteiger partial charge on any atom is -0.304 e. The fraction of sp³-hybridized carbons (Fsp3) is 0.394. The lowest BCUT2D eigenvalue weighted by Crippen LogP contribution is -2.43. The third-order valence-corrected chi connectivity index (χ3v) is 6.89. The smallest absolute Gasteiger partial charge is 0.304 e. The average Bonchev–Trinajstić information content (AvgIpc) is 3.31. The van der Waals surface area contributed by atoms with Gasteiger partial charge in [0.1, 0.15) is 5.82 Å². The minimum atomic E-state index is -4.39. The lowest BCUT2D eigenvalue weighted by atomic mass is 10.0. The third-order valence-electron chi connectivity index (χ3n) is 6.89. The number of Topliss-reactive ketones (excluding diaryl/α,β-unsaturated/α-hetero) is 1. The van der Waals surface area contributed by atoms with E-state index in [0.29, 0.717) is 6.42 Å². The number of ketones is 1. The first-order valence-corrected chi connectivity index (χ1v) is 14.3. The van der Waals surface area contributed by atoms with Gasteiger partial charge in [-0.05, 0) is 62.4 Å². The van der Waals surface area contributed by atoms with Gasteiger partial charge in [0, 0.05) is 50.4 Å². The molecule has 0 N–H and O–H groups in total. The molecule has 220 valence electrons. The molecule has 41 heavy (non-hydrogen) atoms. The van der Waals surface area contributed by atoms with Crippen molar-refractivity contribution >= 4 is 16.8 Å². The number of nitrogens with zero attached hydrogens (tertiary/aromatic N) is 4. The number of aromatic nitrogens is 2. The molecule has 4 aromatic rings. The van der Waals surface area contributed by atoms with Crippen LogP contribution in [-0.4, -0.2) is 58.4 Å². The first-order valence-electron chi connectivity index (χ1n) is 14.3. The van der Waals surface area contributed by atoms with Crippen molar-refractivity contribution in [2.45, 2.75) is 53.3 Å². The highest BCUT2D eigenvalue weighted by molar-refractivity contribution is 5.96. The highest BCUT2D eigenvalue weighted by Crippen LogP contribution is 2.30. The summed E-state index contributed by atoms with van der Waals surface area (Å²) in [6.07, 6.45) is -3.47. The van der Waals surface area contributed by atoms with Gasteiger partial charge >= 0.3 is 6.18 Å². The van der Waals surface area contributed by atoms with E-state index in [-0.39, 0.29) is 17.8 Å². The number of para-hydroxylation sites is 1. The molecule has 1 aliphatic heterocycles. The van der Waals surface area contributed by atoms with Crippen LogP contribution >= 0.6 is 0 Å². The van der Waals surface area contributed by atoms with E-state index in [1.54, 1.807) is 0 Å². The Kier molecular flexibility index (Phi) is 11.7. The van der Waals surface area contributed by atoms with Gasteiger partial charge < -0.3 is 4.90 Å². The maximum Gasteiger partial charge on any atom is 0.416 e. The molecule has 0 atom stereocenters. The molecule has 3 aromatic carbocycles. The number of imidazole rings is 1. The molecule has 1 saturated heterocycles. The minimum absolute atomic E-state index is 0.131. The van der Waals surface area contributed by atoms with E-state index in [0.717, 1.165) is 56.2 Å². The van der Waals surface area contributed by atoms with Crippen molar-refractivity contribution in [1.29, 1.82) is 0 Å². The zero-order valence-electron chi connectivity index (χ0n) is 24.7. The second-order valence-corrected chi connectivity index (χ2v) is 9.98. The number of benzene rings is 3. The third kappa shape index (κ3) is 8.75. The van der Waals surface area contributed by atoms with Crippen LogP contribution in [-0.2, 0) is 12.7 Å². The number of carbonyl (C=O) groups excluding carboxylic acids is 1. The molecule has 0 bridgehead atoms. The van der Waals surface area contributed by atoms with Crippen molar-refractivity contribution in [2.75, 3.05) is 33.2 Å². The van der Waals surface area contributed by atoms with E-state index >= 15 is 0 Å². The SMILES string of the molecule is CC.CCCC(=O)c1cccc(C(F)(F)F)c1.Cc1nc2cc(CN3CCN(C)CC3)ccc2n1-c1ccccc1. The summed E-state index contributed by atoms with van der Waals surface area (Å²) in [6, 6.07) is 21.7. The molecule has 1 aromatic heterocycles. The average molecular weight is 567 g/mol. The lowest BCUT2D eigenvalue weighted by Gasteiger charge is -2.32. The van der Waals surface area contributed by atoms with Crippen LogP contribution in [0, 0.1) is 6.92 Å². The van der Waals surface area contributed by atoms with Gasteiger partial charge in [-0.25, -0.2) is 4.98 Å². The van der Waals surface area contributed by atoms with E-state index in [9.17, 15) is 18.0 Å². The van der Waals surface area contributed by atoms with Crippen LogP contribution < -0.4 is 0 Å². The number of rotatable bonds is 6. The van der Waals surface area contributed by atoms with Gasteiger partial charge in [-0.1, -0.05) is 57.2 Å². The van der Waals surface area contributed by atoms with E-state index in [4.69, 9.17) is 4.98 Å². The largest absolute Gasteiger partial charge is 0.416 e. The maximum atomic E-state index is 12.3. The topological polar surface area (TPSA) is 41.4 Å². The van der Waals surface area contributed by atoms with Crippen LogP contribution in [0.15, 0.2) is 72.8 Å². The number of hydrogen-bond donors (Lipinski definition) is 0. The monoisotopic (exact) mass is 566 g/mol. The number of halogens is 3. The number of alkyl halides is 3. The maximum absolute atomic E-state index is 12.3. The fourth-order valence-corrected chi connectivity index (χ4v) is 4.75. The van der Waals surface area contributed by atoms with Crippen LogP contribution in [0.5, 0.6) is 0 Å². The Morgan fingerprint density at radius 1 is 0.902 bits per heavy atom. The molecular weight excluding hydrogens is 525 g/mol. The van der Waals surface area contributed by atoms with E-state index in [1.807, 2.05) is 26.8 Å². The zero-order valence-corrected chi connectivity index (χ0v) is 24.7. The number of aryl methyl sites for hydroxylation is 1. The van der Waals surface area contributed by atoms with Gasteiger partial charge in [0.15, 0.2) is 5.78 Å². The normalized spacial score (nSPS) is 14.1. The van der Waals surface area contributed by atoms with Crippen molar-refractivity contribution in [2.24, 2.45) is 0 Å². The van der Waals surface area contributed by atoms with Gasteiger partial charge in [0.05, 0.1) is 16.6 Å². The first kappa shape index (κ1) is 32.0. The molecule has 2 heterocycles. The Labute approximate surface area is 241 Å². The fourth-order valence-electron chi connectivity index (χ4n) is 4.75. The van der Waals surface area contributed by atoms with E-state index in [1.165, 1.54) is 28.9 Å². The lowest BCUT2D eigenvalue weighted by molar-refractivity contribution is -0.137. The summed E-state index contributed by atoms with van der Waals surface area (Å²) in [6.45, 7) is 13.5. The number of hydrogen-bond acceptors (Lipinski definition) is 4. The van der Waals surface area contributed by atoms with Gasteiger partial charge in [0.25, 0.3) is 0 Å². The molecule has 0 amide bonds. The van der Waals surface area contributed by atoms with Crippen molar-refractivity contribution in [3.63, 3.8) is 0 Å². The Morgan fingerprint density at radius 2 is 1.59 bits per heavy atom. The highest BCUT2D eigenvalue weighted by Gasteiger charge is 2.30. The Morgan fingerprint density at radius 3 is 2.22 bits per heavy atom. The highest BCUT2D eigenvalue weighted by atomic mass is 19.4. The standard InChI is InChI=1S/C20H24N4.C11H11F3O.C2H6/c1-16-21-19-14-17(15-23-12-10-22(2)11-13-23)8-9-20(19)24(16)18-6-4-3-5-7-18;1-2-4-10(15)8-5-3-6-9(7-8)11(12,13)14;1-2/h3-9,14H,10-13,15H2,1-2H3;3,5-7H,2,4H2,1H3;1-2H3. The molecule has 5 nitrogen and oxygen atoms in total. The predicted octanol–water partition coefficient (Wildman–Crippen LogP) is 7.80. The summed E-state index contributed by atoms with van der Waals surface area (Å²) in [5, 5.41) is 0. The summed E-state index contributed by atoms with van der Waals surface area (Å²) in [7, 11) is 2.20. The quantitative estimate of drug-likeness (QED) is 0.223. The van der Waals surface area contributed by atoms with Crippen LogP contribution in [0.4, 0.5) is 13.2 Å². The van der Waals surface area contributed by atoms with Gasteiger partial charge in [-0.3, -0.25) is 14.3 Å². The Bertz CT molecular complexity index is 1390. The molecular formula is C33H41F3N4O. The molecule has 0 radical (unpaired) electrons. The summed E-state index contributed by atoms with van der Waals surface area (Å²) >= 11 is 0. The van der Waals surface area contributed by atoms with Gasteiger partial charge in [-0.2, -0.15) is 13.2 Å². The summed E-state index contributed by atoms with van der Waals surface area (Å²) in [4.78, 5) is 21.1. The van der Waals surface area contributed by atoms with Gasteiger partial charge in [0.2, 0.25) is 0 Å². The molecule has 5 rings (SSSR count). The number of carbonyl (C=O) groups is 1. The predicted molar refractivity (Wildman–Crippen MR) is 161 cm³/mol. The van der Waals surface area contributed by atoms with Crippen molar-refractivity contribution in [3.8, 4) is 5.69 Å². The summed E-state index contributed by atoms with van der Waals surface area (Å²) in [5.74, 6) is 0.788. The second-order valence-electron chi connectivity index (χ2n) is 9.98. The van der Waals surface area contributed by atoms with Crippen LogP contribution in [0.25, 0.3) is 16.7 Å². The molecule has 1 fully saturated rings. The zero-order chi connectivity index (χ0) is 30.0. The summed E-state index contributed by atoms with van der Waals surface area (Å²) in [5.41, 5.74) is 4.15. The molecule has 1 aliphatic rings. The molecule has 8 heteroatoms. The van der Waals surface area contributed by atoms with Crippen LogP contribution in [0.3, 0.4) is 0 Å². The molecule has 0 spiro atoms. The second kappa shape index (κ2) is 14.9. The van der Waals surface area contributed by atoms with Crippen molar-refractivity contribution < 1.29 is 18.0 Å². The van der Waals surface area contributed by atoms with Crippen molar-refractivity contribution in [3.05, 3.63) is 95.3 Å². The summed E-state index contributed by atoms with van der Waals surface area (Å²) < 4.78 is 39.1. The van der Waals surface area contributed by atoms with Crippen LogP contribution in [0.1, 0.15) is 60.9 Å². The molecule has 0 unspecified atom stereocenters.